The van der Waals surface area contributed by atoms with Crippen molar-refractivity contribution in [3.05, 3.63) is 0 Å². The van der Waals surface area contributed by atoms with E-state index in [9.17, 15) is 0 Å². The number of rotatable bonds is 3. The lowest BCUT2D eigenvalue weighted by molar-refractivity contribution is 0.120. The summed E-state index contributed by atoms with van der Waals surface area (Å²) in [5.41, 5.74) is 5.66. The Kier molecular flexibility index (Phi) is 4.04. The maximum Gasteiger partial charge on any atom is 0.00980 e. The second-order valence-corrected chi connectivity index (χ2v) is 5.65. The van der Waals surface area contributed by atoms with E-state index in [2.05, 4.69) is 11.8 Å². The minimum Gasteiger partial charge on any atom is -0.330 e. The fraction of sp³-hybridized carbons (Fsp3) is 1.00. The average molecular weight is 210 g/mol. The predicted molar refractivity (Wildman–Crippen MR) is 64.8 cm³/mol. The first-order valence-corrected chi connectivity index (χ1v) is 6.73. The molecule has 2 aliphatic rings. The number of likely N-dealkylation sites (tertiary alicyclic amines) is 1. The van der Waals surface area contributed by atoms with E-state index in [1.807, 2.05) is 0 Å². The molecule has 0 amide bonds. The summed E-state index contributed by atoms with van der Waals surface area (Å²) in [6, 6.07) is 0.903. The summed E-state index contributed by atoms with van der Waals surface area (Å²) in [7, 11) is 0. The number of hydrogen-bond acceptors (Lipinski definition) is 2. The van der Waals surface area contributed by atoms with Crippen molar-refractivity contribution in [1.29, 1.82) is 0 Å². The molecule has 1 saturated heterocycles. The largest absolute Gasteiger partial charge is 0.330 e. The minimum absolute atomic E-state index is 0.875. The van der Waals surface area contributed by atoms with E-state index >= 15 is 0 Å². The Labute approximate surface area is 94.2 Å². The van der Waals surface area contributed by atoms with Gasteiger partial charge in [-0.3, -0.25) is 0 Å². The summed E-state index contributed by atoms with van der Waals surface area (Å²) in [5.74, 6) is 1.85. The number of piperidine rings is 1. The highest BCUT2D eigenvalue weighted by molar-refractivity contribution is 4.84. The van der Waals surface area contributed by atoms with Crippen molar-refractivity contribution < 1.29 is 0 Å². The molecular formula is C13H26N2. The van der Waals surface area contributed by atoms with Gasteiger partial charge in [0, 0.05) is 12.6 Å². The molecule has 2 N–H and O–H groups in total. The third kappa shape index (κ3) is 2.94. The Balaban J connectivity index is 1.81. The summed E-state index contributed by atoms with van der Waals surface area (Å²) in [6.45, 7) is 5.95. The van der Waals surface area contributed by atoms with Crippen molar-refractivity contribution in [3.8, 4) is 0 Å². The number of hydrogen-bond donors (Lipinski definition) is 1. The van der Waals surface area contributed by atoms with Gasteiger partial charge >= 0.3 is 0 Å². The molecule has 0 bridgehead atoms. The zero-order valence-electron chi connectivity index (χ0n) is 10.1. The molecule has 0 radical (unpaired) electrons. The standard InChI is InChI=1S/C13H26N2/c1-11-4-5-13(9-11)15-8-2-3-12(10-15)6-7-14/h11-13H,2-10,14H2,1H3. The van der Waals surface area contributed by atoms with Gasteiger partial charge in [-0.1, -0.05) is 6.92 Å². The van der Waals surface area contributed by atoms with Crippen molar-refractivity contribution in [2.45, 2.75) is 51.5 Å². The Morgan fingerprint density at radius 3 is 2.80 bits per heavy atom. The zero-order chi connectivity index (χ0) is 10.7. The first kappa shape index (κ1) is 11.4. The van der Waals surface area contributed by atoms with Gasteiger partial charge in [0.25, 0.3) is 0 Å². The first-order chi connectivity index (χ1) is 7.29. The highest BCUT2D eigenvalue weighted by Crippen LogP contribution is 2.31. The summed E-state index contributed by atoms with van der Waals surface area (Å²) in [5, 5.41) is 0. The molecule has 0 aromatic carbocycles. The second-order valence-electron chi connectivity index (χ2n) is 5.65. The first-order valence-electron chi connectivity index (χ1n) is 6.73. The second kappa shape index (κ2) is 5.31. The Morgan fingerprint density at radius 2 is 2.13 bits per heavy atom. The molecule has 2 nitrogen and oxygen atoms in total. The highest BCUT2D eigenvalue weighted by Gasteiger charge is 2.29. The Bertz CT molecular complexity index is 191. The van der Waals surface area contributed by atoms with Gasteiger partial charge in [0.15, 0.2) is 0 Å². The van der Waals surface area contributed by atoms with Gasteiger partial charge < -0.3 is 10.6 Å². The molecule has 0 spiro atoms. The molecule has 2 heteroatoms. The van der Waals surface area contributed by atoms with E-state index in [-0.39, 0.29) is 0 Å². The zero-order valence-corrected chi connectivity index (χ0v) is 10.1. The fourth-order valence-corrected chi connectivity index (χ4v) is 3.41. The molecule has 0 aromatic heterocycles. The van der Waals surface area contributed by atoms with Gasteiger partial charge in [-0.05, 0) is 63.5 Å². The van der Waals surface area contributed by atoms with Gasteiger partial charge in [-0.2, -0.15) is 0 Å². The quantitative estimate of drug-likeness (QED) is 0.774. The van der Waals surface area contributed by atoms with E-state index in [0.717, 1.165) is 24.4 Å². The van der Waals surface area contributed by atoms with Gasteiger partial charge in [0.05, 0.1) is 0 Å². The van der Waals surface area contributed by atoms with E-state index in [0.29, 0.717) is 0 Å². The van der Waals surface area contributed by atoms with Crippen LogP contribution in [0.1, 0.15) is 45.4 Å². The molecule has 2 rings (SSSR count). The lowest BCUT2D eigenvalue weighted by Crippen LogP contribution is -2.42. The molecule has 3 atom stereocenters. The lowest BCUT2D eigenvalue weighted by Gasteiger charge is -2.36. The van der Waals surface area contributed by atoms with Crippen molar-refractivity contribution in [2.75, 3.05) is 19.6 Å². The van der Waals surface area contributed by atoms with E-state index < -0.39 is 0 Å². The molecule has 3 unspecified atom stereocenters. The summed E-state index contributed by atoms with van der Waals surface area (Å²) in [6.07, 6.45) is 8.37. The maximum absolute atomic E-state index is 5.66. The molecule has 1 aliphatic heterocycles. The smallest absolute Gasteiger partial charge is 0.00980 e. The summed E-state index contributed by atoms with van der Waals surface area (Å²) >= 11 is 0. The van der Waals surface area contributed by atoms with Crippen LogP contribution in [0.5, 0.6) is 0 Å². The van der Waals surface area contributed by atoms with Crippen LogP contribution < -0.4 is 5.73 Å². The molecule has 1 saturated carbocycles. The minimum atomic E-state index is 0.875. The van der Waals surface area contributed by atoms with Crippen LogP contribution in [0.15, 0.2) is 0 Å². The van der Waals surface area contributed by atoms with E-state index in [4.69, 9.17) is 5.73 Å². The lowest BCUT2D eigenvalue weighted by atomic mass is 9.93. The third-order valence-electron chi connectivity index (χ3n) is 4.31. The van der Waals surface area contributed by atoms with Crippen molar-refractivity contribution in [2.24, 2.45) is 17.6 Å². The van der Waals surface area contributed by atoms with Crippen LogP contribution in [0.4, 0.5) is 0 Å². The van der Waals surface area contributed by atoms with E-state index in [1.165, 1.54) is 51.6 Å². The summed E-state index contributed by atoms with van der Waals surface area (Å²) < 4.78 is 0. The molecule has 1 aliphatic carbocycles. The highest BCUT2D eigenvalue weighted by atomic mass is 15.2. The molecule has 15 heavy (non-hydrogen) atoms. The molecule has 88 valence electrons. The monoisotopic (exact) mass is 210 g/mol. The van der Waals surface area contributed by atoms with Crippen LogP contribution in [0.2, 0.25) is 0 Å². The SMILES string of the molecule is CC1CCC(N2CCCC(CCN)C2)C1. The van der Waals surface area contributed by atoms with Crippen LogP contribution in [-0.4, -0.2) is 30.6 Å². The number of nitrogens with two attached hydrogens (primary N) is 1. The molecule has 2 fully saturated rings. The van der Waals surface area contributed by atoms with Crippen molar-refractivity contribution in [3.63, 3.8) is 0 Å². The predicted octanol–water partition coefficient (Wildman–Crippen LogP) is 2.24. The normalized spacial score (nSPS) is 38.4. The van der Waals surface area contributed by atoms with Crippen LogP contribution in [0, 0.1) is 11.8 Å². The van der Waals surface area contributed by atoms with Crippen molar-refractivity contribution in [1.82, 2.24) is 4.90 Å². The average Bonchev–Trinajstić information content (AvgIpc) is 2.66. The molecule has 0 aromatic rings. The van der Waals surface area contributed by atoms with Crippen LogP contribution in [0.25, 0.3) is 0 Å². The maximum atomic E-state index is 5.66. The van der Waals surface area contributed by atoms with Crippen LogP contribution in [0.3, 0.4) is 0 Å². The van der Waals surface area contributed by atoms with Gasteiger partial charge in [-0.15, -0.1) is 0 Å². The van der Waals surface area contributed by atoms with Gasteiger partial charge in [0.1, 0.15) is 0 Å². The Hall–Kier alpha value is -0.0800. The van der Waals surface area contributed by atoms with Crippen LogP contribution in [-0.2, 0) is 0 Å². The van der Waals surface area contributed by atoms with Crippen LogP contribution >= 0.6 is 0 Å². The topological polar surface area (TPSA) is 29.3 Å². The Morgan fingerprint density at radius 1 is 1.27 bits per heavy atom. The van der Waals surface area contributed by atoms with Crippen molar-refractivity contribution >= 4 is 0 Å². The third-order valence-corrected chi connectivity index (χ3v) is 4.31. The molecular weight excluding hydrogens is 184 g/mol. The van der Waals surface area contributed by atoms with Gasteiger partial charge in [0.2, 0.25) is 0 Å². The van der Waals surface area contributed by atoms with E-state index in [1.54, 1.807) is 0 Å². The summed E-state index contributed by atoms with van der Waals surface area (Å²) in [4.78, 5) is 2.76. The molecule has 1 heterocycles. The van der Waals surface area contributed by atoms with Gasteiger partial charge in [-0.25, -0.2) is 0 Å². The fourth-order valence-electron chi connectivity index (χ4n) is 3.41. The number of nitrogens with zero attached hydrogens (tertiary/aromatic N) is 1.